The molecule has 0 saturated carbocycles. The molecule has 30 aromatic rings. The zero-order valence-corrected chi connectivity index (χ0v) is 78.2. The van der Waals surface area contributed by atoms with Crippen LogP contribution in [0, 0.1) is 63.2 Å². The van der Waals surface area contributed by atoms with Gasteiger partial charge in [0.2, 0.25) is 5.69 Å². The number of nitrogens with zero attached hydrogens (tertiary/aromatic N) is 12. The molecule has 0 aliphatic rings. The van der Waals surface area contributed by atoms with Crippen LogP contribution >= 0.6 is 0 Å². The van der Waals surface area contributed by atoms with E-state index in [1.165, 1.54) is 64.9 Å². The second-order valence-corrected chi connectivity index (χ2v) is 37.1. The van der Waals surface area contributed by atoms with Gasteiger partial charge in [-0.15, -0.1) is 0 Å². The molecule has 0 saturated heterocycles. The largest absolute Gasteiger partial charge is 0.319 e. The first-order valence-electron chi connectivity index (χ1n) is 48.5. The highest BCUT2D eigenvalue weighted by atomic mass is 15.1. The number of benzene rings is 24. The van der Waals surface area contributed by atoms with Gasteiger partial charge in [-0.3, -0.25) is 0 Å². The van der Waals surface area contributed by atoms with Gasteiger partial charge in [0.25, 0.3) is 0 Å². The lowest BCUT2D eigenvalue weighted by Gasteiger charge is -2.18. The molecular weight excluding hydrogens is 1780 g/mol. The third-order valence-electron chi connectivity index (χ3n) is 29.4. The number of hydrogen-bond acceptors (Lipinski definition) is 5. The van der Waals surface area contributed by atoms with Gasteiger partial charge in [0.15, 0.2) is 0 Å². The lowest BCUT2D eigenvalue weighted by Crippen LogP contribution is -2.04. The van der Waals surface area contributed by atoms with E-state index in [0.717, 1.165) is 197 Å². The first-order valence-corrected chi connectivity index (χ1v) is 48.5. The molecule has 0 fully saturated rings. The van der Waals surface area contributed by atoms with E-state index in [2.05, 4.69) is 439 Å². The second-order valence-electron chi connectivity index (χ2n) is 37.1. The zero-order valence-electron chi connectivity index (χ0n) is 78.2. The molecule has 146 heavy (non-hydrogen) atoms. The van der Waals surface area contributed by atoms with E-state index in [9.17, 15) is 26.3 Å². The summed E-state index contributed by atoms with van der Waals surface area (Å²) in [7, 11) is 0. The molecule has 12 nitrogen and oxygen atoms in total. The fraction of sp³-hybridized carbons (Fsp3) is 0. The summed E-state index contributed by atoms with van der Waals surface area (Å²) >= 11 is 0. The highest BCUT2D eigenvalue weighted by molar-refractivity contribution is 6.23. The molecule has 0 amide bonds. The number of nitriles is 5. The van der Waals surface area contributed by atoms with Gasteiger partial charge in [0.05, 0.1) is 135 Å². The summed E-state index contributed by atoms with van der Waals surface area (Å²) in [6.07, 6.45) is 0. The van der Waals surface area contributed by atoms with Gasteiger partial charge in [-0.1, -0.05) is 315 Å². The average Bonchev–Trinajstić information content (AvgIpc) is 1.64. The van der Waals surface area contributed by atoms with Crippen molar-refractivity contribution in [3.05, 3.63) is 500 Å². The predicted octanol–water partition coefficient (Wildman–Crippen LogP) is 34.5. The highest BCUT2D eigenvalue weighted by Crippen LogP contribution is 2.49. The fourth-order valence-corrected chi connectivity index (χ4v) is 23.2. The minimum atomic E-state index is 0.382. The predicted molar refractivity (Wildman–Crippen MR) is 602 cm³/mol. The average molecular weight is 1850 g/mol. The second kappa shape index (κ2) is 34.0. The maximum atomic E-state index is 10.5. The van der Waals surface area contributed by atoms with Gasteiger partial charge in [0.1, 0.15) is 30.3 Å². The molecule has 0 aliphatic carbocycles. The van der Waals surface area contributed by atoms with Gasteiger partial charge in [0, 0.05) is 108 Å². The summed E-state index contributed by atoms with van der Waals surface area (Å²) in [5.41, 5.74) is 22.6. The maximum Gasteiger partial charge on any atom is 0.211 e. The number of rotatable bonds is 6. The molecule has 0 spiro atoms. The minimum absolute atomic E-state index is 0.382. The van der Waals surface area contributed by atoms with E-state index in [-0.39, 0.29) is 0 Å². The Balaban J connectivity index is 0.0000000971. The van der Waals surface area contributed by atoms with Gasteiger partial charge in [-0.05, 0) is 189 Å². The molecule has 6 heterocycles. The Hall–Kier alpha value is -20.9. The van der Waals surface area contributed by atoms with Gasteiger partial charge < -0.3 is 27.4 Å². The first kappa shape index (κ1) is 84.4. The standard InChI is InChI=1S/2C36H20N4.C35H20N2.C27H16N2/c1-38-30-19-24-20-35(39-31-14-6-2-10-26(31)27-11-3-7-15-32(27)39)25(22-37)18-23(24)21-36(30)40-33-16-8-4-12-28(33)29-13-5-9-17-34(29)40;37-21-25-17-23-19-35(39-31-13-5-1-9-27(31)28-10-2-6-14-32(28)39)36(20-24(23)18-26(25)22-38)40-33-15-7-3-11-29(33)30-12-4-8-16-34(30)40;36-21-32-28-17-22-9-1-3-11-24(22)19-30(28)35(31-20-25-12-4-2-10-23(25)18-29(31)32)37-33-15-7-5-13-26(33)27-14-6-8-16-34(27)37;28-17-24-18-9-1-3-13-22(18)27(23-14-4-2-10-19(23)24)29-25-15-7-5-11-20(25)21-12-6-8-16-26(21)29/h2-21H;1-20H;1-20H;1-16H. The first-order chi connectivity index (χ1) is 72.2. The molecule has 6 aromatic heterocycles. The molecule has 0 unspecified atom stereocenters. The van der Waals surface area contributed by atoms with Crippen molar-refractivity contribution in [2.45, 2.75) is 0 Å². The number of fused-ring (bicyclic) bond motifs is 26. The van der Waals surface area contributed by atoms with Crippen molar-refractivity contribution in [3.63, 3.8) is 0 Å². The van der Waals surface area contributed by atoms with Crippen molar-refractivity contribution >= 4 is 223 Å². The summed E-state index contributed by atoms with van der Waals surface area (Å²) in [5, 5.41) is 81.2. The van der Waals surface area contributed by atoms with Crippen LogP contribution in [0.4, 0.5) is 5.69 Å². The molecule has 12 heteroatoms. The zero-order chi connectivity index (χ0) is 97.5. The van der Waals surface area contributed by atoms with Crippen molar-refractivity contribution in [1.29, 1.82) is 26.3 Å². The monoisotopic (exact) mass is 1850 g/mol. The Labute approximate surface area is 835 Å². The molecular formula is C134H76N12. The van der Waals surface area contributed by atoms with E-state index in [4.69, 9.17) is 6.57 Å². The Morgan fingerprint density at radius 2 is 0.356 bits per heavy atom. The van der Waals surface area contributed by atoms with Crippen LogP contribution in [0.25, 0.3) is 256 Å². The highest BCUT2D eigenvalue weighted by Gasteiger charge is 2.28. The molecule has 30 rings (SSSR count). The van der Waals surface area contributed by atoms with Crippen molar-refractivity contribution in [2.75, 3.05) is 0 Å². The molecule has 24 aromatic carbocycles. The SMILES string of the molecule is N#Cc1c2cc3ccccc3cc2c(-n2c3ccccc3c3ccccc32)c2cc3ccccc3cc12.N#Cc1c2ccccc2c(-n2c3ccccc3c3ccccc32)c2ccccc12.N#Cc1cc2cc(-n3c4ccccc4c4ccccc43)c(-n3c4ccccc4c4ccccc43)cc2cc1C#N.[C-]#[N+]c1cc2cc(-n3c4ccccc4c4ccccc43)c(C#N)cc2cc1-n1c2ccccc2c2ccccc21. The van der Waals surface area contributed by atoms with Crippen LogP contribution in [0.2, 0.25) is 0 Å². The topological polar surface area (TPSA) is 153 Å². The smallest absolute Gasteiger partial charge is 0.211 e. The van der Waals surface area contributed by atoms with Crippen LogP contribution in [0.15, 0.2) is 461 Å². The normalized spacial score (nSPS) is 11.5. The van der Waals surface area contributed by atoms with Crippen LogP contribution in [0.3, 0.4) is 0 Å². The third-order valence-corrected chi connectivity index (χ3v) is 29.4. The third kappa shape index (κ3) is 13.0. The summed E-state index contributed by atoms with van der Waals surface area (Å²) in [5.74, 6) is 0. The van der Waals surface area contributed by atoms with Crippen molar-refractivity contribution < 1.29 is 0 Å². The number of para-hydroxylation sites is 12. The van der Waals surface area contributed by atoms with E-state index >= 15 is 0 Å². The summed E-state index contributed by atoms with van der Waals surface area (Å²) in [4.78, 5) is 3.98. The lowest BCUT2D eigenvalue weighted by atomic mass is 9.91. The fourth-order valence-electron chi connectivity index (χ4n) is 23.2. The molecule has 0 atom stereocenters. The number of aromatic nitrogens is 6. The summed E-state index contributed by atoms with van der Waals surface area (Å²) in [6.45, 7) is 8.12. The van der Waals surface area contributed by atoms with Gasteiger partial charge >= 0.3 is 0 Å². The van der Waals surface area contributed by atoms with Crippen LogP contribution in [-0.2, 0) is 0 Å². The van der Waals surface area contributed by atoms with Crippen molar-refractivity contribution in [1.82, 2.24) is 27.4 Å². The molecule has 0 bridgehead atoms. The van der Waals surface area contributed by atoms with E-state index in [1.807, 2.05) is 84.9 Å². The Bertz CT molecular complexity index is 10400. The van der Waals surface area contributed by atoms with Crippen molar-refractivity contribution in [3.8, 4) is 64.5 Å². The quantitative estimate of drug-likeness (QED) is 0.120. The Morgan fingerprint density at radius 1 is 0.158 bits per heavy atom. The van der Waals surface area contributed by atoms with E-state index in [1.54, 1.807) is 0 Å². The van der Waals surface area contributed by atoms with Gasteiger partial charge in [-0.25, -0.2) is 4.85 Å². The van der Waals surface area contributed by atoms with Crippen LogP contribution in [0.1, 0.15) is 27.8 Å². The van der Waals surface area contributed by atoms with Crippen molar-refractivity contribution in [2.24, 2.45) is 0 Å². The lowest BCUT2D eigenvalue weighted by molar-refractivity contribution is 1.10. The van der Waals surface area contributed by atoms with E-state index < -0.39 is 0 Å². The van der Waals surface area contributed by atoms with E-state index in [0.29, 0.717) is 22.4 Å². The minimum Gasteiger partial charge on any atom is -0.319 e. The van der Waals surface area contributed by atoms with Crippen LogP contribution in [-0.4, -0.2) is 27.4 Å². The Morgan fingerprint density at radius 3 is 0.630 bits per heavy atom. The van der Waals surface area contributed by atoms with Crippen LogP contribution in [0.5, 0.6) is 0 Å². The molecule has 0 aliphatic heterocycles. The summed E-state index contributed by atoms with van der Waals surface area (Å²) < 4.78 is 13.8. The molecule has 0 N–H and O–H groups in total. The van der Waals surface area contributed by atoms with Gasteiger partial charge in [-0.2, -0.15) is 26.3 Å². The molecule has 672 valence electrons. The van der Waals surface area contributed by atoms with Crippen LogP contribution < -0.4 is 0 Å². The molecule has 0 radical (unpaired) electrons. The number of hydrogen-bond donors (Lipinski definition) is 0. The Kier molecular flexibility index (Phi) is 19.7. The summed E-state index contributed by atoms with van der Waals surface area (Å²) in [6, 6.07) is 172. The maximum absolute atomic E-state index is 10.5.